The van der Waals surface area contributed by atoms with Crippen molar-refractivity contribution in [3.8, 4) is 0 Å². The number of nitrogens with zero attached hydrogens (tertiary/aromatic N) is 1. The molecule has 0 amide bonds. The van der Waals surface area contributed by atoms with Crippen molar-refractivity contribution in [3.63, 3.8) is 0 Å². The van der Waals surface area contributed by atoms with Crippen molar-refractivity contribution in [1.29, 1.82) is 0 Å². The van der Waals surface area contributed by atoms with E-state index in [0.717, 1.165) is 82.1 Å². The van der Waals surface area contributed by atoms with E-state index in [-0.39, 0.29) is 30.8 Å². The van der Waals surface area contributed by atoms with Crippen LogP contribution in [0.4, 0.5) is 0 Å². The number of allylic oxidation sites excluding steroid dienone is 4. The van der Waals surface area contributed by atoms with Gasteiger partial charge in [-0.3, -0.25) is 4.79 Å². The van der Waals surface area contributed by atoms with Crippen LogP contribution < -0.4 is 0 Å². The van der Waals surface area contributed by atoms with E-state index in [4.69, 9.17) is 19.3 Å². The molecule has 0 spiro atoms. The highest BCUT2D eigenvalue weighted by atomic mass is 16.7. The van der Waals surface area contributed by atoms with Gasteiger partial charge in [-0.2, -0.15) is 0 Å². The molecule has 0 saturated heterocycles. The zero-order chi connectivity index (χ0) is 35.3. The highest BCUT2D eigenvalue weighted by molar-refractivity contribution is 5.69. The minimum Gasteiger partial charge on any atom is -0.466 e. The summed E-state index contributed by atoms with van der Waals surface area (Å²) in [6, 6.07) is 0. The average Bonchev–Trinajstić information content (AvgIpc) is 3.01. The Balaban J connectivity index is 4.74. The van der Waals surface area contributed by atoms with Crippen molar-refractivity contribution in [2.75, 3.05) is 46.1 Å². The smallest absolute Gasteiger partial charge is 0.305 e. The van der Waals surface area contributed by atoms with Crippen molar-refractivity contribution in [1.82, 2.24) is 4.90 Å². The second-order valence-electron chi connectivity index (χ2n) is 14.1. The second kappa shape index (κ2) is 30.3. The fraction of sp³-hybridized carbons (Fsp3) is 0.780. The molecule has 0 aliphatic carbocycles. The zero-order valence-corrected chi connectivity index (χ0v) is 31.9. The van der Waals surface area contributed by atoms with Gasteiger partial charge in [0.25, 0.3) is 0 Å². The van der Waals surface area contributed by atoms with Crippen LogP contribution in [-0.4, -0.2) is 68.3 Å². The molecule has 274 valence electrons. The van der Waals surface area contributed by atoms with Crippen LogP contribution in [0.3, 0.4) is 0 Å². The summed E-state index contributed by atoms with van der Waals surface area (Å²) in [5.74, 6) is 0.204. The second-order valence-corrected chi connectivity index (χ2v) is 14.1. The largest absolute Gasteiger partial charge is 0.466 e. The number of esters is 1. The third-order valence-corrected chi connectivity index (χ3v) is 8.66. The van der Waals surface area contributed by atoms with E-state index in [1.165, 1.54) is 43.3 Å². The van der Waals surface area contributed by atoms with Gasteiger partial charge in [-0.1, -0.05) is 93.1 Å². The van der Waals surface area contributed by atoms with Crippen LogP contribution in [0.1, 0.15) is 145 Å². The number of aliphatic hydroxyl groups is 1. The standard InChI is InChI=1S/C41H75NO5/c1-10-11-12-13-16-27-42(29-18-19-30-43)28-17-14-15-20-31-45-40(44)25-26-41(46-32-38(36(6)7)23-21-34(2)3)47-33-39(37(8)9)24-22-35(4)5/h21-22,38-39,41,43H,6,8,10-20,23-33H2,1-5,7,9H3. The Bertz CT molecular complexity index is 829. The van der Waals surface area contributed by atoms with Gasteiger partial charge in [0.05, 0.1) is 26.2 Å². The maximum absolute atomic E-state index is 12.7. The molecule has 47 heavy (non-hydrogen) atoms. The molecule has 2 unspecified atom stereocenters. The van der Waals surface area contributed by atoms with Crippen molar-refractivity contribution in [2.45, 2.75) is 151 Å². The molecule has 0 aromatic heterocycles. The molecule has 0 fully saturated rings. The van der Waals surface area contributed by atoms with Crippen LogP contribution in [0.25, 0.3) is 0 Å². The van der Waals surface area contributed by atoms with Gasteiger partial charge in [-0.25, -0.2) is 0 Å². The molecule has 6 nitrogen and oxygen atoms in total. The number of unbranched alkanes of at least 4 members (excludes halogenated alkanes) is 8. The van der Waals surface area contributed by atoms with Gasteiger partial charge in [0, 0.05) is 24.9 Å². The fourth-order valence-electron chi connectivity index (χ4n) is 5.25. The molecule has 0 saturated carbocycles. The van der Waals surface area contributed by atoms with Crippen LogP contribution in [0.15, 0.2) is 47.6 Å². The number of carbonyl (C=O) groups excluding carboxylic acids is 1. The lowest BCUT2D eigenvalue weighted by atomic mass is 9.98. The predicted molar refractivity (Wildman–Crippen MR) is 201 cm³/mol. The quantitative estimate of drug-likeness (QED) is 0.0335. The topological polar surface area (TPSA) is 68.2 Å². The van der Waals surface area contributed by atoms with Crippen molar-refractivity contribution in [3.05, 3.63) is 47.6 Å². The number of ether oxygens (including phenoxy) is 3. The summed E-state index contributed by atoms with van der Waals surface area (Å²) in [6.07, 6.45) is 19.1. The highest BCUT2D eigenvalue weighted by Gasteiger charge is 2.19. The molecule has 0 aliphatic rings. The monoisotopic (exact) mass is 662 g/mol. The van der Waals surface area contributed by atoms with Gasteiger partial charge < -0.3 is 24.2 Å². The van der Waals surface area contributed by atoms with Gasteiger partial charge in [0.15, 0.2) is 6.29 Å². The van der Waals surface area contributed by atoms with E-state index >= 15 is 0 Å². The summed E-state index contributed by atoms with van der Waals surface area (Å²) in [5, 5.41) is 9.16. The molecule has 1 N–H and O–H groups in total. The molecule has 0 rings (SSSR count). The minimum atomic E-state index is -0.489. The Labute approximate surface area is 291 Å². The van der Waals surface area contributed by atoms with Crippen LogP contribution >= 0.6 is 0 Å². The molecule has 6 heteroatoms. The van der Waals surface area contributed by atoms with Gasteiger partial charge >= 0.3 is 5.97 Å². The Morgan fingerprint density at radius 2 is 1.17 bits per heavy atom. The Hall–Kier alpha value is -1.73. The molecular weight excluding hydrogens is 586 g/mol. The summed E-state index contributed by atoms with van der Waals surface area (Å²) in [5.41, 5.74) is 4.72. The van der Waals surface area contributed by atoms with E-state index in [2.05, 4.69) is 64.8 Å². The first-order valence-corrected chi connectivity index (χ1v) is 18.8. The lowest BCUT2D eigenvalue weighted by Gasteiger charge is -2.25. The number of hydrogen-bond donors (Lipinski definition) is 1. The molecule has 0 heterocycles. The van der Waals surface area contributed by atoms with E-state index in [1.54, 1.807) is 0 Å². The molecule has 0 aliphatic heterocycles. The third-order valence-electron chi connectivity index (χ3n) is 8.66. The van der Waals surface area contributed by atoms with E-state index < -0.39 is 6.29 Å². The minimum absolute atomic E-state index is 0.192. The van der Waals surface area contributed by atoms with Gasteiger partial charge in [0.1, 0.15) is 0 Å². The average molecular weight is 662 g/mol. The zero-order valence-electron chi connectivity index (χ0n) is 31.9. The number of carbonyl (C=O) groups is 1. The fourth-order valence-corrected chi connectivity index (χ4v) is 5.25. The first-order valence-electron chi connectivity index (χ1n) is 18.8. The van der Waals surface area contributed by atoms with Crippen LogP contribution in [0.5, 0.6) is 0 Å². The highest BCUT2D eigenvalue weighted by Crippen LogP contribution is 2.21. The van der Waals surface area contributed by atoms with Crippen LogP contribution in [-0.2, 0) is 19.0 Å². The summed E-state index contributed by atoms with van der Waals surface area (Å²) in [7, 11) is 0. The number of hydrogen-bond acceptors (Lipinski definition) is 6. The summed E-state index contributed by atoms with van der Waals surface area (Å²) in [4.78, 5) is 15.2. The summed E-state index contributed by atoms with van der Waals surface area (Å²) < 4.78 is 18.2. The molecular formula is C41H75NO5. The van der Waals surface area contributed by atoms with Crippen LogP contribution in [0, 0.1) is 11.8 Å². The van der Waals surface area contributed by atoms with Gasteiger partial charge in [-0.05, 0) is 106 Å². The Morgan fingerprint density at radius 3 is 1.62 bits per heavy atom. The molecule has 0 aromatic rings. The Kier molecular flexibility index (Phi) is 29.2. The first kappa shape index (κ1) is 45.3. The van der Waals surface area contributed by atoms with E-state index in [9.17, 15) is 4.79 Å². The Morgan fingerprint density at radius 1 is 0.702 bits per heavy atom. The van der Waals surface area contributed by atoms with Crippen molar-refractivity contribution < 1.29 is 24.1 Å². The molecule has 0 radical (unpaired) electrons. The lowest BCUT2D eigenvalue weighted by Crippen LogP contribution is -2.27. The van der Waals surface area contributed by atoms with E-state index in [0.29, 0.717) is 26.2 Å². The van der Waals surface area contributed by atoms with Crippen molar-refractivity contribution in [2.24, 2.45) is 11.8 Å². The lowest BCUT2D eigenvalue weighted by molar-refractivity contribution is -0.165. The van der Waals surface area contributed by atoms with Crippen molar-refractivity contribution >= 4 is 5.97 Å². The molecule has 2 atom stereocenters. The maximum Gasteiger partial charge on any atom is 0.305 e. The number of aliphatic hydroxyl groups excluding tert-OH is 1. The number of rotatable bonds is 32. The first-order chi connectivity index (χ1) is 22.5. The predicted octanol–water partition coefficient (Wildman–Crippen LogP) is 10.4. The van der Waals surface area contributed by atoms with Gasteiger partial charge in [-0.15, -0.1) is 0 Å². The van der Waals surface area contributed by atoms with Gasteiger partial charge in [0.2, 0.25) is 0 Å². The van der Waals surface area contributed by atoms with E-state index in [1.807, 2.05) is 13.8 Å². The SMILES string of the molecule is C=C(C)C(CC=C(C)C)COC(CCC(=O)OCCCCCCN(CCCCO)CCCCCCC)OCC(CC=C(C)C)C(=C)C. The molecule has 0 bridgehead atoms. The summed E-state index contributed by atoms with van der Waals surface area (Å²) >= 11 is 0. The normalized spacial score (nSPS) is 13.2. The third kappa shape index (κ3) is 27.9. The molecule has 0 aromatic carbocycles. The maximum atomic E-state index is 12.7. The van der Waals surface area contributed by atoms with Crippen LogP contribution in [0.2, 0.25) is 0 Å². The summed E-state index contributed by atoms with van der Waals surface area (Å²) in [6.45, 7) is 28.2.